The molecular formula is C25H32Cl2FN3O4S. The minimum Gasteiger partial charge on any atom is -0.354 e. The van der Waals surface area contributed by atoms with Gasteiger partial charge in [0, 0.05) is 26.1 Å². The number of benzene rings is 2. The first-order chi connectivity index (χ1) is 17.0. The summed E-state index contributed by atoms with van der Waals surface area (Å²) < 4.78 is 39.9. The minimum atomic E-state index is -3.78. The third kappa shape index (κ3) is 8.35. The Labute approximate surface area is 222 Å². The summed E-state index contributed by atoms with van der Waals surface area (Å²) in [7, 11) is -3.78. The number of nitrogens with zero attached hydrogens (tertiary/aromatic N) is 2. The largest absolute Gasteiger partial charge is 0.354 e. The van der Waals surface area contributed by atoms with Crippen LogP contribution < -0.4 is 9.62 Å². The Morgan fingerprint density at radius 2 is 1.78 bits per heavy atom. The summed E-state index contributed by atoms with van der Waals surface area (Å²) in [4.78, 5) is 27.7. The highest BCUT2D eigenvalue weighted by Gasteiger charge is 2.29. The zero-order valence-corrected chi connectivity index (χ0v) is 23.0. The molecule has 2 aromatic carbocycles. The number of anilines is 1. The average molecular weight is 561 g/mol. The number of rotatable bonds is 13. The van der Waals surface area contributed by atoms with E-state index in [1.807, 2.05) is 13.8 Å². The molecule has 11 heteroatoms. The molecule has 1 atom stereocenters. The summed E-state index contributed by atoms with van der Waals surface area (Å²) in [5.41, 5.74) is 0.620. The number of halogens is 3. The summed E-state index contributed by atoms with van der Waals surface area (Å²) in [6.07, 6.45) is 2.21. The van der Waals surface area contributed by atoms with Gasteiger partial charge in [-0.3, -0.25) is 13.9 Å². The molecule has 0 radical (unpaired) electrons. The number of hydrogen-bond donors (Lipinski definition) is 1. The summed E-state index contributed by atoms with van der Waals surface area (Å²) in [5.74, 6) is -1.27. The zero-order chi connectivity index (χ0) is 26.9. The topological polar surface area (TPSA) is 86.8 Å². The van der Waals surface area contributed by atoms with E-state index >= 15 is 0 Å². The van der Waals surface area contributed by atoms with Crippen LogP contribution in [0.15, 0.2) is 42.5 Å². The summed E-state index contributed by atoms with van der Waals surface area (Å²) in [6.45, 7) is 4.26. The maximum absolute atomic E-state index is 14.3. The van der Waals surface area contributed by atoms with Gasteiger partial charge in [-0.05, 0) is 49.1 Å². The van der Waals surface area contributed by atoms with E-state index in [4.69, 9.17) is 23.2 Å². The van der Waals surface area contributed by atoms with Crippen molar-refractivity contribution < 1.29 is 22.4 Å². The molecule has 0 spiro atoms. The predicted octanol–water partition coefficient (Wildman–Crippen LogP) is 5.01. The van der Waals surface area contributed by atoms with Crippen LogP contribution in [-0.4, -0.2) is 50.5 Å². The lowest BCUT2D eigenvalue weighted by Gasteiger charge is -2.31. The van der Waals surface area contributed by atoms with E-state index in [0.29, 0.717) is 28.6 Å². The number of para-hydroxylation sites is 1. The first kappa shape index (κ1) is 29.9. The Morgan fingerprint density at radius 1 is 1.08 bits per heavy atom. The van der Waals surface area contributed by atoms with Gasteiger partial charge < -0.3 is 10.2 Å². The fourth-order valence-corrected chi connectivity index (χ4v) is 5.04. The molecule has 1 N–H and O–H groups in total. The van der Waals surface area contributed by atoms with E-state index < -0.39 is 21.9 Å². The fraction of sp³-hybridized carbons (Fsp3) is 0.440. The summed E-state index contributed by atoms with van der Waals surface area (Å²) in [5, 5.41) is 3.54. The van der Waals surface area contributed by atoms with Gasteiger partial charge in [0.2, 0.25) is 21.8 Å². The molecule has 0 bridgehead atoms. The lowest BCUT2D eigenvalue weighted by Crippen LogP contribution is -2.49. The molecular weight excluding hydrogens is 528 g/mol. The van der Waals surface area contributed by atoms with Crippen LogP contribution in [0.25, 0.3) is 0 Å². The molecule has 36 heavy (non-hydrogen) atoms. The molecule has 198 valence electrons. The zero-order valence-electron chi connectivity index (χ0n) is 20.6. The van der Waals surface area contributed by atoms with E-state index in [1.165, 1.54) is 23.1 Å². The van der Waals surface area contributed by atoms with Crippen LogP contribution in [0.2, 0.25) is 10.0 Å². The van der Waals surface area contributed by atoms with E-state index in [0.717, 1.165) is 17.0 Å². The quantitative estimate of drug-likeness (QED) is 0.373. The second-order valence-electron chi connectivity index (χ2n) is 8.38. The highest BCUT2D eigenvalue weighted by molar-refractivity contribution is 7.92. The van der Waals surface area contributed by atoms with Gasteiger partial charge in [-0.25, -0.2) is 12.8 Å². The van der Waals surface area contributed by atoms with Crippen molar-refractivity contribution in [2.75, 3.05) is 23.7 Å². The van der Waals surface area contributed by atoms with E-state index in [1.54, 1.807) is 24.3 Å². The molecule has 0 saturated carbocycles. The van der Waals surface area contributed by atoms with Crippen LogP contribution >= 0.6 is 23.2 Å². The van der Waals surface area contributed by atoms with Crippen LogP contribution in [0.4, 0.5) is 10.1 Å². The second-order valence-corrected chi connectivity index (χ2v) is 11.1. The Hall–Kier alpha value is -2.36. The van der Waals surface area contributed by atoms with Gasteiger partial charge in [0.15, 0.2) is 0 Å². The first-order valence-electron chi connectivity index (χ1n) is 11.7. The first-order valence-corrected chi connectivity index (χ1v) is 14.3. The van der Waals surface area contributed by atoms with Gasteiger partial charge >= 0.3 is 0 Å². The van der Waals surface area contributed by atoms with Gasteiger partial charge in [0.1, 0.15) is 11.9 Å². The van der Waals surface area contributed by atoms with Crippen molar-refractivity contribution >= 4 is 50.7 Å². The van der Waals surface area contributed by atoms with Crippen molar-refractivity contribution in [2.24, 2.45) is 0 Å². The molecule has 7 nitrogen and oxygen atoms in total. The molecule has 0 aliphatic carbocycles. The number of hydrogen-bond acceptors (Lipinski definition) is 4. The smallest absolute Gasteiger partial charge is 0.242 e. The van der Waals surface area contributed by atoms with Crippen molar-refractivity contribution in [3.8, 4) is 0 Å². The lowest BCUT2D eigenvalue weighted by atomic mass is 10.1. The van der Waals surface area contributed by atoms with E-state index in [2.05, 4.69) is 5.32 Å². The van der Waals surface area contributed by atoms with Crippen molar-refractivity contribution in [3.63, 3.8) is 0 Å². The monoisotopic (exact) mass is 559 g/mol. The van der Waals surface area contributed by atoms with Crippen LogP contribution in [-0.2, 0) is 26.2 Å². The molecule has 2 rings (SSSR count). The van der Waals surface area contributed by atoms with Gasteiger partial charge in [-0.1, -0.05) is 55.2 Å². The molecule has 2 aromatic rings. The number of amides is 2. The Bertz CT molecular complexity index is 1160. The highest BCUT2D eigenvalue weighted by Crippen LogP contribution is 2.25. The third-order valence-corrected chi connectivity index (χ3v) is 7.46. The predicted molar refractivity (Wildman–Crippen MR) is 142 cm³/mol. The maximum atomic E-state index is 14.3. The van der Waals surface area contributed by atoms with Crippen molar-refractivity contribution in [3.05, 3.63) is 63.9 Å². The summed E-state index contributed by atoms with van der Waals surface area (Å²) in [6, 6.07) is 9.84. The van der Waals surface area contributed by atoms with Crippen molar-refractivity contribution in [1.29, 1.82) is 0 Å². The Balaban J connectivity index is 2.24. The second kappa shape index (κ2) is 13.8. The lowest BCUT2D eigenvalue weighted by molar-refractivity contribution is -0.141. The number of nitrogens with one attached hydrogen (secondary N) is 1. The number of carbonyl (C=O) groups excluding carboxylic acids is 2. The van der Waals surface area contributed by atoms with E-state index in [9.17, 15) is 22.4 Å². The van der Waals surface area contributed by atoms with Crippen LogP contribution in [0.1, 0.15) is 45.1 Å². The van der Waals surface area contributed by atoms with Gasteiger partial charge in [-0.2, -0.15) is 0 Å². The van der Waals surface area contributed by atoms with Crippen LogP contribution in [0, 0.1) is 5.82 Å². The molecule has 0 aliphatic heterocycles. The van der Waals surface area contributed by atoms with Crippen molar-refractivity contribution in [2.45, 2.75) is 52.1 Å². The van der Waals surface area contributed by atoms with Gasteiger partial charge in [0.25, 0.3) is 0 Å². The van der Waals surface area contributed by atoms with Gasteiger partial charge in [-0.15, -0.1) is 0 Å². The standard InChI is InChI=1S/C25H32Cl2FN3O4S/c1-4-14-29-25(33)22(5-2)30(17-18-12-13-19(26)20(27)16-18)24(32)11-8-15-31(36(3,34)35)23-10-7-6-9-21(23)28/h6-7,9-10,12-13,16,22H,4-5,8,11,14-15,17H2,1-3H3,(H,29,33). The molecule has 0 aromatic heterocycles. The normalized spacial score (nSPS) is 12.2. The van der Waals surface area contributed by atoms with Crippen molar-refractivity contribution in [1.82, 2.24) is 10.2 Å². The van der Waals surface area contributed by atoms with Crippen LogP contribution in [0.5, 0.6) is 0 Å². The maximum Gasteiger partial charge on any atom is 0.242 e. The van der Waals surface area contributed by atoms with Crippen LogP contribution in [0.3, 0.4) is 0 Å². The van der Waals surface area contributed by atoms with E-state index in [-0.39, 0.29) is 43.4 Å². The molecule has 2 amide bonds. The summed E-state index contributed by atoms with van der Waals surface area (Å²) >= 11 is 12.2. The molecule has 0 aliphatic rings. The average Bonchev–Trinajstić information content (AvgIpc) is 2.82. The number of sulfonamides is 1. The Kier molecular flexibility index (Phi) is 11.5. The fourth-order valence-electron chi connectivity index (χ4n) is 3.76. The Morgan fingerprint density at radius 3 is 2.36 bits per heavy atom. The molecule has 0 saturated heterocycles. The minimum absolute atomic E-state index is 0.0423. The number of carbonyl (C=O) groups is 2. The molecule has 0 fully saturated rings. The SMILES string of the molecule is CCCNC(=O)C(CC)N(Cc1ccc(Cl)c(Cl)c1)C(=O)CCCN(c1ccccc1F)S(C)(=O)=O. The van der Waals surface area contributed by atoms with Gasteiger partial charge in [0.05, 0.1) is 22.0 Å². The highest BCUT2D eigenvalue weighted by atomic mass is 35.5. The third-order valence-electron chi connectivity index (χ3n) is 5.55. The molecule has 1 unspecified atom stereocenters. The molecule has 0 heterocycles.